The Kier molecular flexibility index (Phi) is 2.29. The molecule has 0 bridgehead atoms. The molecule has 11 heavy (non-hydrogen) atoms. The van der Waals surface area contributed by atoms with Gasteiger partial charge in [-0.1, -0.05) is 27.7 Å². The Labute approximate surface area is 70.4 Å². The van der Waals surface area contributed by atoms with Crippen molar-refractivity contribution in [2.45, 2.75) is 46.6 Å². The van der Waals surface area contributed by atoms with Crippen LogP contribution in [-0.2, 0) is 0 Å². The van der Waals surface area contributed by atoms with Gasteiger partial charge in [0.1, 0.15) is 0 Å². The van der Waals surface area contributed by atoms with Gasteiger partial charge in [0.2, 0.25) is 0 Å². The fourth-order valence-electron chi connectivity index (χ4n) is 2.33. The summed E-state index contributed by atoms with van der Waals surface area (Å²) in [6, 6.07) is 0.449. The van der Waals surface area contributed by atoms with Gasteiger partial charge in [-0.15, -0.1) is 0 Å². The smallest absolute Gasteiger partial charge is 0.00747 e. The Morgan fingerprint density at radius 3 is 1.91 bits per heavy atom. The summed E-state index contributed by atoms with van der Waals surface area (Å²) in [4.78, 5) is 0. The van der Waals surface area contributed by atoms with Crippen LogP contribution in [0.5, 0.6) is 0 Å². The van der Waals surface area contributed by atoms with Gasteiger partial charge in [0.15, 0.2) is 0 Å². The minimum atomic E-state index is 0.407. The molecule has 1 aliphatic rings. The minimum Gasteiger partial charge on any atom is -0.327 e. The average molecular weight is 155 g/mol. The zero-order valence-corrected chi connectivity index (χ0v) is 8.22. The third-order valence-corrected chi connectivity index (χ3v) is 2.96. The highest BCUT2D eigenvalue weighted by Gasteiger charge is 2.36. The summed E-state index contributed by atoms with van der Waals surface area (Å²) < 4.78 is 0. The summed E-state index contributed by atoms with van der Waals surface area (Å²) in [5.41, 5.74) is 6.46. The summed E-state index contributed by atoms with van der Waals surface area (Å²) in [5.74, 6) is 1.58. The van der Waals surface area contributed by atoms with Crippen molar-refractivity contribution in [2.24, 2.45) is 23.0 Å². The first kappa shape index (κ1) is 9.05. The Bertz CT molecular complexity index is 134. The molecule has 0 amide bonds. The monoisotopic (exact) mass is 155 g/mol. The normalized spacial score (nSPS) is 39.5. The molecule has 3 atom stereocenters. The minimum absolute atomic E-state index is 0.407. The van der Waals surface area contributed by atoms with Gasteiger partial charge in [0, 0.05) is 6.04 Å². The zero-order chi connectivity index (χ0) is 8.65. The van der Waals surface area contributed by atoms with Gasteiger partial charge in [-0.05, 0) is 30.1 Å². The first-order valence-corrected chi connectivity index (χ1v) is 4.67. The molecule has 2 N–H and O–H groups in total. The van der Waals surface area contributed by atoms with Crippen LogP contribution >= 0.6 is 0 Å². The first-order valence-electron chi connectivity index (χ1n) is 4.67. The van der Waals surface area contributed by atoms with Crippen molar-refractivity contribution in [3.63, 3.8) is 0 Å². The molecule has 1 heteroatoms. The van der Waals surface area contributed by atoms with Crippen molar-refractivity contribution < 1.29 is 0 Å². The van der Waals surface area contributed by atoms with Gasteiger partial charge < -0.3 is 5.73 Å². The van der Waals surface area contributed by atoms with Gasteiger partial charge in [0.05, 0.1) is 0 Å². The second kappa shape index (κ2) is 2.78. The van der Waals surface area contributed by atoms with E-state index in [-0.39, 0.29) is 0 Å². The lowest BCUT2D eigenvalue weighted by Gasteiger charge is -2.30. The lowest BCUT2D eigenvalue weighted by atomic mass is 9.77. The quantitative estimate of drug-likeness (QED) is 0.571. The molecule has 1 rings (SSSR count). The maximum Gasteiger partial charge on any atom is 0.00747 e. The molecule has 0 saturated heterocycles. The fraction of sp³-hybridized carbons (Fsp3) is 1.00. The van der Waals surface area contributed by atoms with E-state index in [0.717, 1.165) is 11.8 Å². The van der Waals surface area contributed by atoms with Gasteiger partial charge in [-0.3, -0.25) is 0 Å². The highest BCUT2D eigenvalue weighted by Crippen LogP contribution is 2.40. The molecule has 1 nitrogen and oxygen atoms in total. The highest BCUT2D eigenvalue weighted by molar-refractivity contribution is 4.90. The number of nitrogens with two attached hydrogens (primary N) is 1. The average Bonchev–Trinajstić information content (AvgIpc) is 2.08. The van der Waals surface area contributed by atoms with Crippen LogP contribution in [0.3, 0.4) is 0 Å². The van der Waals surface area contributed by atoms with Crippen molar-refractivity contribution in [2.75, 3.05) is 0 Å². The molecule has 0 radical (unpaired) electrons. The van der Waals surface area contributed by atoms with E-state index < -0.39 is 0 Å². The number of rotatable bonds is 0. The van der Waals surface area contributed by atoms with Crippen LogP contribution in [0.25, 0.3) is 0 Å². The van der Waals surface area contributed by atoms with Crippen molar-refractivity contribution in [1.29, 1.82) is 0 Å². The van der Waals surface area contributed by atoms with E-state index in [1.54, 1.807) is 0 Å². The second-order valence-electron chi connectivity index (χ2n) is 5.21. The standard InChI is InChI=1S/C10H21N/c1-7-5-8(9(11)6-7)10(2,3)4/h7-9H,5-6,11H2,1-4H3. The van der Waals surface area contributed by atoms with Crippen molar-refractivity contribution in [1.82, 2.24) is 0 Å². The molecule has 0 spiro atoms. The Hall–Kier alpha value is -0.0400. The van der Waals surface area contributed by atoms with Gasteiger partial charge in [-0.2, -0.15) is 0 Å². The molecule has 1 aliphatic carbocycles. The molecule has 0 aliphatic heterocycles. The van der Waals surface area contributed by atoms with Crippen LogP contribution in [0.1, 0.15) is 40.5 Å². The van der Waals surface area contributed by atoms with E-state index in [2.05, 4.69) is 27.7 Å². The molecular formula is C10H21N. The summed E-state index contributed by atoms with van der Waals surface area (Å²) in [7, 11) is 0. The second-order valence-corrected chi connectivity index (χ2v) is 5.21. The molecule has 0 aromatic carbocycles. The Balaban J connectivity index is 2.60. The summed E-state index contributed by atoms with van der Waals surface area (Å²) >= 11 is 0. The molecule has 3 unspecified atom stereocenters. The van der Waals surface area contributed by atoms with E-state index in [4.69, 9.17) is 5.73 Å². The lowest BCUT2D eigenvalue weighted by Crippen LogP contribution is -2.33. The Morgan fingerprint density at radius 1 is 1.18 bits per heavy atom. The topological polar surface area (TPSA) is 26.0 Å². The summed E-state index contributed by atoms with van der Waals surface area (Å²) in [6.45, 7) is 9.21. The highest BCUT2D eigenvalue weighted by atomic mass is 14.7. The van der Waals surface area contributed by atoms with Crippen LogP contribution in [0.2, 0.25) is 0 Å². The van der Waals surface area contributed by atoms with Crippen LogP contribution in [0.4, 0.5) is 0 Å². The van der Waals surface area contributed by atoms with Crippen molar-refractivity contribution >= 4 is 0 Å². The predicted molar refractivity (Wildman–Crippen MR) is 49.3 cm³/mol. The maximum absolute atomic E-state index is 6.06. The van der Waals surface area contributed by atoms with Crippen LogP contribution in [-0.4, -0.2) is 6.04 Å². The van der Waals surface area contributed by atoms with Crippen molar-refractivity contribution in [3.8, 4) is 0 Å². The summed E-state index contributed by atoms with van der Waals surface area (Å²) in [5, 5.41) is 0. The van der Waals surface area contributed by atoms with E-state index in [0.29, 0.717) is 11.5 Å². The van der Waals surface area contributed by atoms with E-state index in [1.165, 1.54) is 12.8 Å². The molecule has 0 aromatic heterocycles. The lowest BCUT2D eigenvalue weighted by molar-refractivity contribution is 0.221. The van der Waals surface area contributed by atoms with E-state index in [9.17, 15) is 0 Å². The molecule has 0 aromatic rings. The fourth-order valence-corrected chi connectivity index (χ4v) is 2.33. The molecule has 66 valence electrons. The third kappa shape index (κ3) is 1.96. The van der Waals surface area contributed by atoms with Crippen LogP contribution in [0.15, 0.2) is 0 Å². The molecule has 1 fully saturated rings. The number of hydrogen-bond acceptors (Lipinski definition) is 1. The van der Waals surface area contributed by atoms with E-state index >= 15 is 0 Å². The predicted octanol–water partition coefficient (Wildman–Crippen LogP) is 2.41. The van der Waals surface area contributed by atoms with Gasteiger partial charge >= 0.3 is 0 Å². The van der Waals surface area contributed by atoms with Crippen LogP contribution in [0, 0.1) is 17.3 Å². The third-order valence-electron chi connectivity index (χ3n) is 2.96. The first-order chi connectivity index (χ1) is 4.91. The molecule has 1 saturated carbocycles. The van der Waals surface area contributed by atoms with Crippen molar-refractivity contribution in [3.05, 3.63) is 0 Å². The van der Waals surface area contributed by atoms with Gasteiger partial charge in [-0.25, -0.2) is 0 Å². The molecule has 0 heterocycles. The SMILES string of the molecule is CC1CC(N)C(C(C)(C)C)C1. The number of hydrogen-bond donors (Lipinski definition) is 1. The largest absolute Gasteiger partial charge is 0.327 e. The zero-order valence-electron chi connectivity index (χ0n) is 8.22. The van der Waals surface area contributed by atoms with Crippen LogP contribution < -0.4 is 5.73 Å². The Morgan fingerprint density at radius 2 is 1.73 bits per heavy atom. The van der Waals surface area contributed by atoms with Gasteiger partial charge in [0.25, 0.3) is 0 Å². The maximum atomic E-state index is 6.06. The molecular weight excluding hydrogens is 134 g/mol. The van der Waals surface area contributed by atoms with E-state index in [1.807, 2.05) is 0 Å². The summed E-state index contributed by atoms with van der Waals surface area (Å²) in [6.07, 6.45) is 2.55.